The molecule has 0 saturated carbocycles. The van der Waals surface area contributed by atoms with Gasteiger partial charge in [-0.3, -0.25) is 10.1 Å². The van der Waals surface area contributed by atoms with Crippen molar-refractivity contribution >= 4 is 62.3 Å². The van der Waals surface area contributed by atoms with Gasteiger partial charge in [0.15, 0.2) is 5.01 Å². The van der Waals surface area contributed by atoms with E-state index in [0.29, 0.717) is 10.0 Å². The molecule has 0 spiro atoms. The molecule has 0 aliphatic rings. The number of carbonyl (C=O) groups is 2. The summed E-state index contributed by atoms with van der Waals surface area (Å²) >= 11 is 2.77. The number of nitrogens with zero attached hydrogens (tertiary/aromatic N) is 2. The van der Waals surface area contributed by atoms with Crippen LogP contribution in [0.4, 0.5) is 9.80 Å². The van der Waals surface area contributed by atoms with Gasteiger partial charge in [0, 0.05) is 5.56 Å². The minimum Gasteiger partial charge on any atom is -0.462 e. The molecule has 4 aromatic rings. The molecule has 0 aliphatic heterocycles. The minimum atomic E-state index is -0.749. The molecule has 4 N–H and O–H groups in total. The highest BCUT2D eigenvalue weighted by molar-refractivity contribution is 7.17. The third-order valence-corrected chi connectivity index (χ3v) is 7.25. The van der Waals surface area contributed by atoms with Gasteiger partial charge in [-0.05, 0) is 29.0 Å². The largest absolute Gasteiger partial charge is 0.462 e. The van der Waals surface area contributed by atoms with Crippen molar-refractivity contribution in [2.24, 2.45) is 11.7 Å². The van der Waals surface area contributed by atoms with Crippen LogP contribution in [0.3, 0.4) is 0 Å². The Balaban J connectivity index is 0.00000380. The van der Waals surface area contributed by atoms with E-state index in [9.17, 15) is 9.59 Å². The lowest BCUT2D eigenvalue weighted by atomic mass is 10.0. The van der Waals surface area contributed by atoms with Crippen molar-refractivity contribution in [3.63, 3.8) is 0 Å². The van der Waals surface area contributed by atoms with Crippen LogP contribution < -0.4 is 16.4 Å². The molecule has 0 unspecified atom stereocenters. The summed E-state index contributed by atoms with van der Waals surface area (Å²) in [6.45, 7) is 3.61. The Morgan fingerprint density at radius 3 is 2.59 bits per heavy atom. The van der Waals surface area contributed by atoms with E-state index in [-0.39, 0.29) is 24.9 Å². The lowest BCUT2D eigenvalue weighted by molar-refractivity contribution is -0.147. The number of rotatable bonds is 8. The van der Waals surface area contributed by atoms with Crippen LogP contribution in [0.5, 0.6) is 0 Å². The monoisotopic (exact) mass is 555 g/mol. The van der Waals surface area contributed by atoms with Crippen molar-refractivity contribution in [2.75, 3.05) is 11.9 Å². The molecular formula is C26H26ClN5O3S2. The summed E-state index contributed by atoms with van der Waals surface area (Å²) in [4.78, 5) is 33.5. The second kappa shape index (κ2) is 12.7. The molecule has 2 heterocycles. The van der Waals surface area contributed by atoms with Crippen LogP contribution in [-0.4, -0.2) is 34.6 Å². The summed E-state index contributed by atoms with van der Waals surface area (Å²) in [7, 11) is 0. The van der Waals surface area contributed by atoms with E-state index in [1.807, 2.05) is 61.8 Å². The lowest BCUT2D eigenvalue weighted by Crippen LogP contribution is -2.40. The third-order valence-electron chi connectivity index (χ3n) is 5.53. The van der Waals surface area contributed by atoms with Gasteiger partial charge in [-0.2, -0.15) is 0 Å². The molecule has 11 heteroatoms. The predicted molar refractivity (Wildman–Crippen MR) is 151 cm³/mol. The first-order valence-corrected chi connectivity index (χ1v) is 12.9. The zero-order valence-corrected chi connectivity index (χ0v) is 22.6. The number of terminal acetylenes is 1. The molecule has 37 heavy (non-hydrogen) atoms. The maximum atomic E-state index is 12.7. The maximum Gasteiger partial charge on any atom is 0.323 e. The lowest BCUT2D eigenvalue weighted by Gasteiger charge is -2.21. The molecule has 2 amide bonds. The normalized spacial score (nSPS) is 12.3. The summed E-state index contributed by atoms with van der Waals surface area (Å²) in [5.41, 5.74) is 11.6. The van der Waals surface area contributed by atoms with E-state index >= 15 is 0 Å². The van der Waals surface area contributed by atoms with Gasteiger partial charge in [-0.15, -0.1) is 30.2 Å². The summed E-state index contributed by atoms with van der Waals surface area (Å²) < 4.78 is 6.57. The molecule has 0 aliphatic carbocycles. The van der Waals surface area contributed by atoms with Crippen LogP contribution in [0.25, 0.3) is 21.3 Å². The Bertz CT molecular complexity index is 1410. The van der Waals surface area contributed by atoms with Crippen molar-refractivity contribution in [2.45, 2.75) is 25.9 Å². The highest BCUT2D eigenvalue weighted by Crippen LogP contribution is 2.31. The van der Waals surface area contributed by atoms with Crippen LogP contribution in [0.15, 0.2) is 54.2 Å². The van der Waals surface area contributed by atoms with Crippen molar-refractivity contribution in [3.05, 3.63) is 64.7 Å². The zero-order chi connectivity index (χ0) is 25.7. The second-order valence-electron chi connectivity index (χ2n) is 8.35. The number of ether oxygens (including phenoxy) is 1. The number of aromatic nitrogens is 2. The van der Waals surface area contributed by atoms with E-state index in [1.54, 1.807) is 11.3 Å². The number of fused-ring (bicyclic) bond motifs is 1. The number of carbonyl (C=O) groups excluding carboxylic acids is 2. The van der Waals surface area contributed by atoms with E-state index in [4.69, 9.17) is 16.9 Å². The Morgan fingerprint density at radius 1 is 1.16 bits per heavy atom. The topological polar surface area (TPSA) is 119 Å². The Kier molecular flexibility index (Phi) is 9.60. The maximum absolute atomic E-state index is 12.7. The highest BCUT2D eigenvalue weighted by atomic mass is 35.5. The number of halogens is 1. The number of urea groups is 1. The van der Waals surface area contributed by atoms with Gasteiger partial charge in [-0.1, -0.05) is 61.6 Å². The first-order valence-electron chi connectivity index (χ1n) is 11.2. The fraction of sp³-hybridized carbons (Fsp3) is 0.231. The van der Waals surface area contributed by atoms with Gasteiger partial charge in [-0.25, -0.2) is 14.8 Å². The van der Waals surface area contributed by atoms with Gasteiger partial charge in [0.1, 0.15) is 17.6 Å². The standard InChI is InChI=1S/C26H25N5O3S2.ClH/c1-4-21-28-12-22(36-21)31-26(33)30-20(13-34-25(32)23(27)15(2)3)17-10-8-16(9-11-17)18-6-5-7-19-24(18)35-14-29-19;/h1,5-12,14-15,20,23H,13,27H2,2-3H3,(H2,30,31,33);1H/t20-,23-;/m0./s1. The van der Waals surface area contributed by atoms with Crippen LogP contribution in [-0.2, 0) is 9.53 Å². The van der Waals surface area contributed by atoms with E-state index < -0.39 is 24.1 Å². The first kappa shape index (κ1) is 28.1. The third kappa shape index (κ3) is 6.84. The number of benzene rings is 2. The highest BCUT2D eigenvalue weighted by Gasteiger charge is 2.23. The second-order valence-corrected chi connectivity index (χ2v) is 10.2. The number of esters is 1. The number of hydrogen-bond donors (Lipinski definition) is 3. The Labute approximate surface area is 229 Å². The summed E-state index contributed by atoms with van der Waals surface area (Å²) in [6.07, 6.45) is 6.84. The number of amides is 2. The van der Waals surface area contributed by atoms with E-state index in [0.717, 1.165) is 26.9 Å². The molecule has 0 saturated heterocycles. The molecule has 2 aromatic carbocycles. The molecule has 0 radical (unpaired) electrons. The smallest absolute Gasteiger partial charge is 0.323 e. The van der Waals surface area contributed by atoms with Gasteiger partial charge in [0.25, 0.3) is 0 Å². The van der Waals surface area contributed by atoms with E-state index in [1.165, 1.54) is 17.5 Å². The number of thiazole rings is 2. The van der Waals surface area contributed by atoms with Crippen LogP contribution in [0.2, 0.25) is 0 Å². The number of nitrogens with two attached hydrogens (primary N) is 1. The van der Waals surface area contributed by atoms with Crippen molar-refractivity contribution in [3.8, 4) is 23.5 Å². The summed E-state index contributed by atoms with van der Waals surface area (Å²) in [5.74, 6) is 1.84. The number of anilines is 1. The fourth-order valence-electron chi connectivity index (χ4n) is 3.47. The average molecular weight is 556 g/mol. The predicted octanol–water partition coefficient (Wildman–Crippen LogP) is 5.21. The van der Waals surface area contributed by atoms with Gasteiger partial charge >= 0.3 is 12.0 Å². The molecule has 4 rings (SSSR count). The SMILES string of the molecule is C#Cc1ncc(NC(=O)N[C@@H](COC(=O)[C@@H](N)C(C)C)c2ccc(-c3cccc4ncsc34)cc2)s1.Cl. The molecule has 2 aromatic heterocycles. The number of hydrogen-bond acceptors (Lipinski definition) is 8. The van der Waals surface area contributed by atoms with Crippen LogP contribution >= 0.6 is 35.1 Å². The Morgan fingerprint density at radius 2 is 1.92 bits per heavy atom. The van der Waals surface area contributed by atoms with E-state index in [2.05, 4.69) is 26.5 Å². The molecule has 0 bridgehead atoms. The first-order chi connectivity index (χ1) is 17.4. The Hall–Kier alpha value is -3.49. The average Bonchev–Trinajstić information content (AvgIpc) is 3.55. The quantitative estimate of drug-likeness (QED) is 0.203. The van der Waals surface area contributed by atoms with Crippen molar-refractivity contribution in [1.29, 1.82) is 0 Å². The van der Waals surface area contributed by atoms with Crippen molar-refractivity contribution in [1.82, 2.24) is 15.3 Å². The van der Waals surface area contributed by atoms with Gasteiger partial charge < -0.3 is 15.8 Å². The molecule has 8 nitrogen and oxygen atoms in total. The molecule has 0 fully saturated rings. The molecule has 192 valence electrons. The van der Waals surface area contributed by atoms with Gasteiger partial charge in [0.2, 0.25) is 0 Å². The molecular weight excluding hydrogens is 530 g/mol. The minimum absolute atomic E-state index is 0. The molecule has 2 atom stereocenters. The van der Waals surface area contributed by atoms with Crippen LogP contribution in [0.1, 0.15) is 30.5 Å². The fourth-order valence-corrected chi connectivity index (χ4v) is 4.92. The number of nitrogens with one attached hydrogen (secondary N) is 2. The van der Waals surface area contributed by atoms with Crippen LogP contribution in [0, 0.1) is 18.3 Å². The van der Waals surface area contributed by atoms with Gasteiger partial charge in [0.05, 0.1) is 28.0 Å². The summed E-state index contributed by atoms with van der Waals surface area (Å²) in [5, 5.41) is 6.56. The zero-order valence-electron chi connectivity index (χ0n) is 20.1. The van der Waals surface area contributed by atoms with Crippen molar-refractivity contribution < 1.29 is 14.3 Å². The summed E-state index contributed by atoms with van der Waals surface area (Å²) in [6, 6.07) is 11.9.